The lowest BCUT2D eigenvalue weighted by molar-refractivity contribution is 0.0918. The van der Waals surface area contributed by atoms with Gasteiger partial charge in [0.15, 0.2) is 17.5 Å². The molecule has 2 N–H and O–H groups in total. The van der Waals surface area contributed by atoms with Gasteiger partial charge in [-0.1, -0.05) is 0 Å². The second kappa shape index (κ2) is 5.61. The van der Waals surface area contributed by atoms with Crippen LogP contribution in [0.25, 0.3) is 0 Å². The highest BCUT2D eigenvalue weighted by Gasteiger charge is 2.23. The van der Waals surface area contributed by atoms with Crippen LogP contribution in [0.15, 0.2) is 12.1 Å². The fourth-order valence-electron chi connectivity index (χ4n) is 2.18. The fraction of sp³-hybridized carbons (Fsp3) is 0.462. The van der Waals surface area contributed by atoms with Gasteiger partial charge in [0.25, 0.3) is 5.91 Å². The highest BCUT2D eigenvalue weighted by molar-refractivity contribution is 5.94. The first-order valence-electron chi connectivity index (χ1n) is 6.18. The topological polar surface area (TPSA) is 41.1 Å². The number of hydrogen-bond acceptors (Lipinski definition) is 2. The zero-order valence-corrected chi connectivity index (χ0v) is 10.5. The van der Waals surface area contributed by atoms with Gasteiger partial charge in [0, 0.05) is 17.6 Å². The molecule has 2 unspecified atom stereocenters. The molecule has 0 spiro atoms. The molecule has 1 heterocycles. The molecule has 1 aliphatic rings. The number of carbonyl (C=O) groups is 1. The standard InChI is InChI=1S/C13H15F3N2O/c1-7-11(3-2-4-17-7)18-13(19)8-5-9(14)12(16)10(15)6-8/h5-7,11,17H,2-4H2,1H3,(H,18,19). The van der Waals surface area contributed by atoms with Gasteiger partial charge in [-0.3, -0.25) is 4.79 Å². The predicted octanol–water partition coefficient (Wildman–Crippen LogP) is 1.97. The van der Waals surface area contributed by atoms with Crippen molar-refractivity contribution in [3.05, 3.63) is 35.1 Å². The molecule has 0 aromatic heterocycles. The lowest BCUT2D eigenvalue weighted by atomic mass is 9.99. The van der Waals surface area contributed by atoms with Crippen LogP contribution in [0.5, 0.6) is 0 Å². The molecule has 1 saturated heterocycles. The predicted molar refractivity (Wildman–Crippen MR) is 64.3 cm³/mol. The lowest BCUT2D eigenvalue weighted by Crippen LogP contribution is -2.51. The Hall–Kier alpha value is -1.56. The average molecular weight is 272 g/mol. The fourth-order valence-corrected chi connectivity index (χ4v) is 2.18. The third kappa shape index (κ3) is 3.07. The Morgan fingerprint density at radius 1 is 1.32 bits per heavy atom. The van der Waals surface area contributed by atoms with Crippen LogP contribution < -0.4 is 10.6 Å². The number of benzene rings is 1. The van der Waals surface area contributed by atoms with Crippen molar-refractivity contribution < 1.29 is 18.0 Å². The molecule has 0 aliphatic carbocycles. The van der Waals surface area contributed by atoms with E-state index >= 15 is 0 Å². The molecule has 1 fully saturated rings. The van der Waals surface area contributed by atoms with E-state index in [-0.39, 0.29) is 17.6 Å². The van der Waals surface area contributed by atoms with E-state index in [4.69, 9.17) is 0 Å². The van der Waals surface area contributed by atoms with E-state index in [9.17, 15) is 18.0 Å². The summed E-state index contributed by atoms with van der Waals surface area (Å²) in [6.07, 6.45) is 1.72. The molecule has 0 saturated carbocycles. The van der Waals surface area contributed by atoms with E-state index in [1.807, 2.05) is 6.92 Å². The summed E-state index contributed by atoms with van der Waals surface area (Å²) in [6, 6.07) is 1.40. The van der Waals surface area contributed by atoms with E-state index in [1.165, 1.54) is 0 Å². The van der Waals surface area contributed by atoms with E-state index in [0.29, 0.717) is 12.1 Å². The van der Waals surface area contributed by atoms with Crippen molar-refractivity contribution in [2.45, 2.75) is 31.8 Å². The first-order chi connectivity index (χ1) is 8.99. The first kappa shape index (κ1) is 13.9. The largest absolute Gasteiger partial charge is 0.348 e. The van der Waals surface area contributed by atoms with Crippen molar-refractivity contribution in [1.29, 1.82) is 0 Å². The smallest absolute Gasteiger partial charge is 0.251 e. The van der Waals surface area contributed by atoms with Crippen LogP contribution in [0, 0.1) is 17.5 Å². The van der Waals surface area contributed by atoms with Crippen LogP contribution in [0.1, 0.15) is 30.1 Å². The summed E-state index contributed by atoms with van der Waals surface area (Å²) in [6.45, 7) is 2.81. The molecule has 2 rings (SSSR count). The molecule has 2 atom stereocenters. The minimum absolute atomic E-state index is 0.0906. The molecule has 3 nitrogen and oxygen atoms in total. The average Bonchev–Trinajstić information content (AvgIpc) is 2.38. The van der Waals surface area contributed by atoms with Gasteiger partial charge in [0.05, 0.1) is 0 Å². The summed E-state index contributed by atoms with van der Waals surface area (Å²) in [7, 11) is 0. The summed E-state index contributed by atoms with van der Waals surface area (Å²) in [5, 5.41) is 5.90. The van der Waals surface area contributed by atoms with Crippen LogP contribution in [-0.4, -0.2) is 24.5 Å². The number of carbonyl (C=O) groups excluding carboxylic acids is 1. The molecular formula is C13H15F3N2O. The first-order valence-corrected chi connectivity index (χ1v) is 6.18. The third-order valence-corrected chi connectivity index (χ3v) is 3.32. The lowest BCUT2D eigenvalue weighted by Gasteiger charge is -2.30. The van der Waals surface area contributed by atoms with Crippen molar-refractivity contribution >= 4 is 5.91 Å². The van der Waals surface area contributed by atoms with Crippen molar-refractivity contribution in [1.82, 2.24) is 10.6 Å². The minimum atomic E-state index is -1.57. The molecule has 1 aromatic carbocycles. The molecule has 1 aromatic rings. The molecule has 1 amide bonds. The summed E-state index contributed by atoms with van der Waals surface area (Å²) >= 11 is 0. The van der Waals surface area contributed by atoms with Gasteiger partial charge in [-0.15, -0.1) is 0 Å². The maximum atomic E-state index is 13.0. The zero-order chi connectivity index (χ0) is 14.0. The number of amides is 1. The Labute approximate surface area is 109 Å². The van der Waals surface area contributed by atoms with Crippen molar-refractivity contribution in [3.8, 4) is 0 Å². The normalized spacial score (nSPS) is 23.2. The molecule has 0 radical (unpaired) electrons. The van der Waals surface area contributed by atoms with Crippen molar-refractivity contribution in [2.24, 2.45) is 0 Å². The summed E-state index contributed by atoms with van der Waals surface area (Å²) in [5.74, 6) is -4.89. The summed E-state index contributed by atoms with van der Waals surface area (Å²) in [4.78, 5) is 11.9. The second-order valence-corrected chi connectivity index (χ2v) is 4.72. The van der Waals surface area contributed by atoms with Gasteiger partial charge in [-0.25, -0.2) is 13.2 Å². The number of piperidine rings is 1. The number of rotatable bonds is 2. The van der Waals surface area contributed by atoms with Gasteiger partial charge in [-0.2, -0.15) is 0 Å². The molecular weight excluding hydrogens is 257 g/mol. The quantitative estimate of drug-likeness (QED) is 0.808. The monoisotopic (exact) mass is 272 g/mol. The highest BCUT2D eigenvalue weighted by atomic mass is 19.2. The Morgan fingerprint density at radius 2 is 1.95 bits per heavy atom. The van der Waals surface area contributed by atoms with Crippen LogP contribution in [0.4, 0.5) is 13.2 Å². The Bertz CT molecular complexity index is 470. The van der Waals surface area contributed by atoms with Gasteiger partial charge in [-0.05, 0) is 38.4 Å². The van der Waals surface area contributed by atoms with Gasteiger partial charge in [0.2, 0.25) is 0 Å². The molecule has 1 aliphatic heterocycles. The second-order valence-electron chi connectivity index (χ2n) is 4.72. The van der Waals surface area contributed by atoms with Crippen molar-refractivity contribution in [2.75, 3.05) is 6.54 Å². The van der Waals surface area contributed by atoms with E-state index < -0.39 is 23.4 Å². The minimum Gasteiger partial charge on any atom is -0.348 e. The SMILES string of the molecule is CC1NCCCC1NC(=O)c1cc(F)c(F)c(F)c1. The van der Waals surface area contributed by atoms with Gasteiger partial charge in [0.1, 0.15) is 0 Å². The van der Waals surface area contributed by atoms with Crippen LogP contribution >= 0.6 is 0 Å². The molecule has 104 valence electrons. The maximum Gasteiger partial charge on any atom is 0.251 e. The Kier molecular flexibility index (Phi) is 4.09. The third-order valence-electron chi connectivity index (χ3n) is 3.32. The van der Waals surface area contributed by atoms with Gasteiger partial charge < -0.3 is 10.6 Å². The van der Waals surface area contributed by atoms with Crippen LogP contribution in [0.3, 0.4) is 0 Å². The number of nitrogens with one attached hydrogen (secondary N) is 2. The van der Waals surface area contributed by atoms with Crippen LogP contribution in [-0.2, 0) is 0 Å². The maximum absolute atomic E-state index is 13.0. The number of halogens is 3. The Morgan fingerprint density at radius 3 is 2.53 bits per heavy atom. The van der Waals surface area contributed by atoms with E-state index in [1.54, 1.807) is 0 Å². The van der Waals surface area contributed by atoms with Crippen molar-refractivity contribution in [3.63, 3.8) is 0 Å². The van der Waals surface area contributed by atoms with E-state index in [0.717, 1.165) is 19.4 Å². The van der Waals surface area contributed by atoms with E-state index in [2.05, 4.69) is 10.6 Å². The number of hydrogen-bond donors (Lipinski definition) is 2. The van der Waals surface area contributed by atoms with Crippen LogP contribution in [0.2, 0.25) is 0 Å². The molecule has 19 heavy (non-hydrogen) atoms. The molecule has 0 bridgehead atoms. The highest BCUT2D eigenvalue weighted by Crippen LogP contribution is 2.15. The zero-order valence-electron chi connectivity index (χ0n) is 10.5. The molecule has 6 heteroatoms. The summed E-state index contributed by atoms with van der Waals surface area (Å²) in [5.41, 5.74) is -0.214. The Balaban J connectivity index is 2.11. The summed E-state index contributed by atoms with van der Waals surface area (Å²) < 4.78 is 38.9. The van der Waals surface area contributed by atoms with Gasteiger partial charge >= 0.3 is 0 Å².